The summed E-state index contributed by atoms with van der Waals surface area (Å²) in [5.74, 6) is 0.645. The number of fused-ring (bicyclic) bond motifs is 1. The summed E-state index contributed by atoms with van der Waals surface area (Å²) in [4.78, 5) is 28.9. The minimum atomic E-state index is -0.462. The number of carbonyl (C=O) groups is 2. The van der Waals surface area contributed by atoms with Gasteiger partial charge in [0.15, 0.2) is 0 Å². The van der Waals surface area contributed by atoms with Crippen molar-refractivity contribution in [2.24, 2.45) is 5.92 Å². The average Bonchev–Trinajstić information content (AvgIpc) is 2.60. The Balaban J connectivity index is 1.46. The Bertz CT molecular complexity index is 506. The molecule has 148 valence electrons. The fourth-order valence-corrected chi connectivity index (χ4v) is 4.42. The molecule has 0 unspecified atom stereocenters. The molecule has 2 saturated heterocycles. The lowest BCUT2D eigenvalue weighted by Crippen LogP contribution is -2.55. The largest absolute Gasteiger partial charge is 0.444 e. The van der Waals surface area contributed by atoms with Gasteiger partial charge in [0.1, 0.15) is 5.60 Å². The summed E-state index contributed by atoms with van der Waals surface area (Å²) >= 11 is 0. The molecule has 3 aliphatic rings. The molecule has 0 aromatic rings. The highest BCUT2D eigenvalue weighted by Crippen LogP contribution is 2.30. The summed E-state index contributed by atoms with van der Waals surface area (Å²) in [6.45, 7) is 8.43. The summed E-state index contributed by atoms with van der Waals surface area (Å²) in [6, 6.07) is 0.284. The first kappa shape index (κ1) is 19.5. The Morgan fingerprint density at radius 2 is 1.73 bits per heavy atom. The van der Waals surface area contributed by atoms with Crippen LogP contribution in [0.5, 0.6) is 0 Å². The summed E-state index contributed by atoms with van der Waals surface area (Å²) in [5.41, 5.74) is -0.462. The van der Waals surface area contributed by atoms with Crippen molar-refractivity contribution in [3.05, 3.63) is 0 Å². The van der Waals surface area contributed by atoms with Gasteiger partial charge < -0.3 is 19.3 Å². The summed E-state index contributed by atoms with van der Waals surface area (Å²) in [5, 5.41) is 0. The van der Waals surface area contributed by atoms with Crippen molar-refractivity contribution in [2.45, 2.75) is 83.5 Å². The van der Waals surface area contributed by atoms with Gasteiger partial charge in [-0.2, -0.15) is 0 Å². The molecule has 0 spiro atoms. The molecule has 2 atom stereocenters. The van der Waals surface area contributed by atoms with E-state index in [9.17, 15) is 9.59 Å². The van der Waals surface area contributed by atoms with Crippen molar-refractivity contribution in [1.29, 1.82) is 0 Å². The average molecular weight is 367 g/mol. The Morgan fingerprint density at radius 3 is 2.42 bits per heavy atom. The molecule has 3 rings (SSSR count). The van der Waals surface area contributed by atoms with Crippen molar-refractivity contribution in [2.75, 3.05) is 26.2 Å². The monoisotopic (exact) mass is 366 g/mol. The number of hydrogen-bond acceptors (Lipinski definition) is 4. The zero-order valence-corrected chi connectivity index (χ0v) is 16.5. The third-order valence-corrected chi connectivity index (χ3v) is 5.78. The second-order valence-electron chi connectivity index (χ2n) is 8.96. The summed E-state index contributed by atoms with van der Waals surface area (Å²) in [6.07, 6.45) is 6.94. The molecule has 0 aromatic carbocycles. The van der Waals surface area contributed by atoms with Gasteiger partial charge in [-0.3, -0.25) is 4.79 Å². The minimum Gasteiger partial charge on any atom is -0.444 e. The van der Waals surface area contributed by atoms with Crippen LogP contribution in [0.1, 0.15) is 65.7 Å². The van der Waals surface area contributed by atoms with Crippen molar-refractivity contribution < 1.29 is 19.1 Å². The molecule has 2 amide bonds. The quantitative estimate of drug-likeness (QED) is 0.753. The van der Waals surface area contributed by atoms with Crippen LogP contribution < -0.4 is 0 Å². The zero-order chi connectivity index (χ0) is 18.7. The molecule has 0 aromatic heterocycles. The summed E-state index contributed by atoms with van der Waals surface area (Å²) in [7, 11) is 0. The van der Waals surface area contributed by atoms with Crippen LogP contribution in [-0.2, 0) is 14.3 Å². The number of likely N-dealkylation sites (tertiary alicyclic amines) is 1. The number of amides is 2. The molecule has 3 fully saturated rings. The van der Waals surface area contributed by atoms with Gasteiger partial charge in [-0.1, -0.05) is 12.8 Å². The van der Waals surface area contributed by atoms with Gasteiger partial charge in [0.25, 0.3) is 0 Å². The van der Waals surface area contributed by atoms with Gasteiger partial charge in [0.05, 0.1) is 18.8 Å². The van der Waals surface area contributed by atoms with Crippen molar-refractivity contribution in [3.63, 3.8) is 0 Å². The van der Waals surface area contributed by atoms with Gasteiger partial charge in [0.2, 0.25) is 5.91 Å². The predicted octanol–water partition coefficient (Wildman–Crippen LogP) is 3.19. The van der Waals surface area contributed by atoms with Crippen LogP contribution in [0.25, 0.3) is 0 Å². The van der Waals surface area contributed by atoms with Gasteiger partial charge in [-0.25, -0.2) is 4.79 Å². The standard InChI is InChI=1S/C20H34N2O4/c1-20(2,3)26-19(24)21-10-8-15(9-11-21)14-18(23)22-12-13-25-17-7-5-4-6-16(17)22/h15-17H,4-14H2,1-3H3/t16-,17+/m0/s1. The molecule has 1 aliphatic carbocycles. The van der Waals surface area contributed by atoms with E-state index in [-0.39, 0.29) is 24.1 Å². The molecule has 2 heterocycles. The predicted molar refractivity (Wildman–Crippen MR) is 98.9 cm³/mol. The van der Waals surface area contributed by atoms with Gasteiger partial charge in [-0.15, -0.1) is 0 Å². The van der Waals surface area contributed by atoms with E-state index in [2.05, 4.69) is 4.90 Å². The highest BCUT2D eigenvalue weighted by molar-refractivity contribution is 5.77. The lowest BCUT2D eigenvalue weighted by molar-refractivity contribution is -0.150. The molecular formula is C20H34N2O4. The van der Waals surface area contributed by atoms with Crippen LogP contribution in [-0.4, -0.2) is 65.8 Å². The molecular weight excluding hydrogens is 332 g/mol. The van der Waals surface area contributed by atoms with E-state index in [1.807, 2.05) is 20.8 Å². The molecule has 26 heavy (non-hydrogen) atoms. The third kappa shape index (κ3) is 4.90. The first-order chi connectivity index (χ1) is 12.3. The van der Waals surface area contributed by atoms with Crippen LogP contribution in [0.4, 0.5) is 4.79 Å². The molecule has 6 nitrogen and oxygen atoms in total. The van der Waals surface area contributed by atoms with Crippen molar-refractivity contribution >= 4 is 12.0 Å². The van der Waals surface area contributed by atoms with E-state index in [1.165, 1.54) is 12.8 Å². The van der Waals surface area contributed by atoms with E-state index >= 15 is 0 Å². The van der Waals surface area contributed by atoms with Crippen LogP contribution >= 0.6 is 0 Å². The number of ether oxygens (including phenoxy) is 2. The number of rotatable bonds is 2. The van der Waals surface area contributed by atoms with Crippen LogP contribution in [0, 0.1) is 5.92 Å². The first-order valence-electron chi connectivity index (χ1n) is 10.2. The minimum absolute atomic E-state index is 0.236. The molecule has 2 aliphatic heterocycles. The molecule has 6 heteroatoms. The lowest BCUT2D eigenvalue weighted by atomic mass is 9.88. The number of morpholine rings is 1. The van der Waals surface area contributed by atoms with Crippen molar-refractivity contribution in [1.82, 2.24) is 9.80 Å². The highest BCUT2D eigenvalue weighted by Gasteiger charge is 2.37. The molecule has 1 saturated carbocycles. The van der Waals surface area contributed by atoms with E-state index < -0.39 is 5.60 Å². The molecule has 0 radical (unpaired) electrons. The van der Waals surface area contributed by atoms with E-state index in [0.717, 1.165) is 32.2 Å². The Kier molecular flexibility index (Phi) is 6.10. The maximum Gasteiger partial charge on any atom is 0.410 e. The SMILES string of the molecule is CC(C)(C)OC(=O)N1CCC(CC(=O)N2CCO[C@@H]3CCCC[C@@H]32)CC1. The fourth-order valence-electron chi connectivity index (χ4n) is 4.42. The number of nitrogens with zero attached hydrogens (tertiary/aromatic N) is 2. The van der Waals surface area contributed by atoms with E-state index in [4.69, 9.17) is 9.47 Å². The van der Waals surface area contributed by atoms with Gasteiger partial charge in [-0.05, 0) is 52.4 Å². The van der Waals surface area contributed by atoms with Crippen LogP contribution in [0.2, 0.25) is 0 Å². The number of hydrogen-bond donors (Lipinski definition) is 0. The van der Waals surface area contributed by atoms with Gasteiger partial charge in [0, 0.05) is 26.1 Å². The van der Waals surface area contributed by atoms with Gasteiger partial charge >= 0.3 is 6.09 Å². The van der Waals surface area contributed by atoms with Crippen LogP contribution in [0.15, 0.2) is 0 Å². The lowest BCUT2D eigenvalue weighted by Gasteiger charge is -2.44. The Morgan fingerprint density at radius 1 is 1.04 bits per heavy atom. The maximum absolute atomic E-state index is 12.9. The number of carbonyl (C=O) groups excluding carboxylic acids is 2. The Labute approximate surface area is 157 Å². The van der Waals surface area contributed by atoms with E-state index in [1.54, 1.807) is 4.90 Å². The maximum atomic E-state index is 12.9. The third-order valence-electron chi connectivity index (χ3n) is 5.78. The topological polar surface area (TPSA) is 59.1 Å². The van der Waals surface area contributed by atoms with Crippen LogP contribution in [0.3, 0.4) is 0 Å². The molecule has 0 bridgehead atoms. The zero-order valence-electron chi connectivity index (χ0n) is 16.5. The Hall–Kier alpha value is -1.30. The van der Waals surface area contributed by atoms with E-state index in [0.29, 0.717) is 32.0 Å². The highest BCUT2D eigenvalue weighted by atomic mass is 16.6. The normalized spacial score (nSPS) is 27.8. The fraction of sp³-hybridized carbons (Fsp3) is 0.900. The number of piperidine rings is 1. The molecule has 0 N–H and O–H groups in total. The summed E-state index contributed by atoms with van der Waals surface area (Å²) < 4.78 is 11.3. The first-order valence-corrected chi connectivity index (χ1v) is 10.2. The second kappa shape index (κ2) is 8.15. The van der Waals surface area contributed by atoms with Crippen molar-refractivity contribution in [3.8, 4) is 0 Å². The smallest absolute Gasteiger partial charge is 0.410 e. The second-order valence-corrected chi connectivity index (χ2v) is 8.96.